The number of carbonyl (C=O) groups excluding carboxylic acids is 2. The molecule has 0 saturated carbocycles. The van der Waals surface area contributed by atoms with Gasteiger partial charge in [-0.2, -0.15) is 0 Å². The van der Waals surface area contributed by atoms with E-state index in [0.717, 1.165) is 22.2 Å². The smallest absolute Gasteiger partial charge is 0.321 e. The topological polar surface area (TPSA) is 73.7 Å². The van der Waals surface area contributed by atoms with Gasteiger partial charge in [-0.25, -0.2) is 4.98 Å². The van der Waals surface area contributed by atoms with Gasteiger partial charge in [0.1, 0.15) is 5.75 Å². The van der Waals surface area contributed by atoms with Crippen molar-refractivity contribution in [2.45, 2.75) is 26.4 Å². The van der Waals surface area contributed by atoms with Gasteiger partial charge < -0.3 is 14.0 Å². The summed E-state index contributed by atoms with van der Waals surface area (Å²) in [6.45, 7) is 4.66. The maximum atomic E-state index is 14.0. The molecule has 0 spiro atoms. The van der Waals surface area contributed by atoms with E-state index in [4.69, 9.17) is 14.5 Å². The van der Waals surface area contributed by atoms with E-state index < -0.39 is 17.9 Å². The van der Waals surface area contributed by atoms with E-state index in [-0.39, 0.29) is 12.5 Å². The van der Waals surface area contributed by atoms with Crippen molar-refractivity contribution >= 4 is 28.9 Å². The second-order valence-corrected chi connectivity index (χ2v) is 8.36. The van der Waals surface area contributed by atoms with Gasteiger partial charge in [-0.15, -0.1) is 0 Å². The van der Waals surface area contributed by atoms with Crippen LogP contribution >= 0.6 is 0 Å². The molecule has 1 aliphatic heterocycles. The van der Waals surface area contributed by atoms with E-state index in [1.54, 1.807) is 11.8 Å². The summed E-state index contributed by atoms with van der Waals surface area (Å²) in [6.07, 6.45) is 0. The molecule has 178 valence electrons. The van der Waals surface area contributed by atoms with Gasteiger partial charge in [0.2, 0.25) is 11.9 Å². The number of aromatic nitrogens is 2. The number of benzene rings is 3. The van der Waals surface area contributed by atoms with Crippen LogP contribution in [0.15, 0.2) is 78.9 Å². The average Bonchev–Trinajstić information content (AvgIpc) is 3.26. The minimum absolute atomic E-state index is 0.185. The third-order valence-electron chi connectivity index (χ3n) is 6.18. The highest BCUT2D eigenvalue weighted by atomic mass is 16.5. The first-order chi connectivity index (χ1) is 17.1. The molecule has 0 fully saturated rings. The summed E-state index contributed by atoms with van der Waals surface area (Å²) in [7, 11) is 0. The fraction of sp³-hybridized carbons (Fsp3) is 0.250. The Bertz CT molecular complexity index is 1370. The molecule has 1 aromatic heterocycles. The molecule has 0 unspecified atom stereocenters. The number of ether oxygens (including phenoxy) is 2. The highest BCUT2D eigenvalue weighted by molar-refractivity contribution is 6.08. The number of anilines is 1. The molecule has 4 aromatic rings. The van der Waals surface area contributed by atoms with Crippen molar-refractivity contribution in [3.8, 4) is 5.75 Å². The lowest BCUT2D eigenvalue weighted by Crippen LogP contribution is -2.49. The molecule has 0 bridgehead atoms. The van der Waals surface area contributed by atoms with Gasteiger partial charge in [-0.1, -0.05) is 54.6 Å². The molecule has 5 rings (SSSR count). The lowest BCUT2D eigenvalue weighted by molar-refractivity contribution is -0.153. The zero-order chi connectivity index (χ0) is 24.4. The lowest BCUT2D eigenvalue weighted by Gasteiger charge is -2.38. The van der Waals surface area contributed by atoms with Crippen LogP contribution in [0.5, 0.6) is 5.75 Å². The standard InChI is InChI=1S/C28H27N3O4/c1-3-34-21-14-10-13-20(17-21)25-24(27(33)35-4-2)26(32)30(18-19-11-6-5-7-12-19)28-29-22-15-8-9-16-23(22)31(25)28/h5-17,24-25H,3-4,18H2,1-2H3/t24-,25+/m0/s1. The molecule has 3 aromatic carbocycles. The number of hydrogen-bond acceptors (Lipinski definition) is 5. The Morgan fingerprint density at radius 3 is 2.49 bits per heavy atom. The van der Waals surface area contributed by atoms with Gasteiger partial charge in [-0.3, -0.25) is 14.5 Å². The van der Waals surface area contributed by atoms with Crippen molar-refractivity contribution in [3.05, 3.63) is 90.0 Å². The molecule has 7 heteroatoms. The predicted molar refractivity (Wildman–Crippen MR) is 133 cm³/mol. The van der Waals surface area contributed by atoms with Crippen LogP contribution in [-0.4, -0.2) is 34.6 Å². The van der Waals surface area contributed by atoms with Crippen molar-refractivity contribution in [3.63, 3.8) is 0 Å². The van der Waals surface area contributed by atoms with Crippen molar-refractivity contribution in [1.29, 1.82) is 0 Å². The fourth-order valence-corrected chi connectivity index (χ4v) is 4.72. The summed E-state index contributed by atoms with van der Waals surface area (Å²) in [5.74, 6) is -0.765. The number of para-hydroxylation sites is 2. The number of amides is 1. The highest BCUT2D eigenvalue weighted by Gasteiger charge is 2.48. The van der Waals surface area contributed by atoms with Crippen LogP contribution in [0, 0.1) is 5.92 Å². The highest BCUT2D eigenvalue weighted by Crippen LogP contribution is 2.42. The van der Waals surface area contributed by atoms with Gasteiger partial charge in [0.25, 0.3) is 0 Å². The summed E-state index contributed by atoms with van der Waals surface area (Å²) in [5.41, 5.74) is 3.32. The van der Waals surface area contributed by atoms with Crippen LogP contribution in [0.2, 0.25) is 0 Å². The number of hydrogen-bond donors (Lipinski definition) is 0. The molecule has 2 heterocycles. The molecule has 1 aliphatic rings. The van der Waals surface area contributed by atoms with Crippen molar-refractivity contribution in [2.24, 2.45) is 5.92 Å². The molecule has 2 atom stereocenters. The molecule has 0 aliphatic carbocycles. The van der Waals surface area contributed by atoms with Crippen molar-refractivity contribution in [2.75, 3.05) is 18.1 Å². The molecule has 0 radical (unpaired) electrons. The summed E-state index contributed by atoms with van der Waals surface area (Å²) in [4.78, 5) is 33.8. The summed E-state index contributed by atoms with van der Waals surface area (Å²) >= 11 is 0. The van der Waals surface area contributed by atoms with Crippen LogP contribution in [0.4, 0.5) is 5.95 Å². The van der Waals surface area contributed by atoms with E-state index in [0.29, 0.717) is 24.8 Å². The van der Waals surface area contributed by atoms with E-state index in [1.165, 1.54) is 0 Å². The van der Waals surface area contributed by atoms with Gasteiger partial charge in [-0.05, 0) is 49.2 Å². The first-order valence-corrected chi connectivity index (χ1v) is 11.8. The molecule has 7 nitrogen and oxygen atoms in total. The molecule has 0 N–H and O–H groups in total. The second kappa shape index (κ2) is 9.62. The largest absolute Gasteiger partial charge is 0.494 e. The minimum Gasteiger partial charge on any atom is -0.494 e. The van der Waals surface area contributed by atoms with Crippen LogP contribution in [-0.2, 0) is 20.9 Å². The normalized spacial score (nSPS) is 17.3. The van der Waals surface area contributed by atoms with Crippen molar-refractivity contribution < 1.29 is 19.1 Å². The Morgan fingerprint density at radius 1 is 0.943 bits per heavy atom. The summed E-state index contributed by atoms with van der Waals surface area (Å²) in [5, 5.41) is 0. The Hall–Kier alpha value is -4.13. The van der Waals surface area contributed by atoms with Gasteiger partial charge in [0.15, 0.2) is 5.92 Å². The van der Waals surface area contributed by atoms with Gasteiger partial charge in [0.05, 0.1) is 36.8 Å². The Labute approximate surface area is 203 Å². The summed E-state index contributed by atoms with van der Waals surface area (Å²) in [6, 6.07) is 24.3. The van der Waals surface area contributed by atoms with Gasteiger partial charge in [0, 0.05) is 0 Å². The molecule has 0 saturated heterocycles. The maximum absolute atomic E-state index is 14.0. The molecule has 1 amide bonds. The molecule has 35 heavy (non-hydrogen) atoms. The van der Waals surface area contributed by atoms with Crippen LogP contribution in [0.25, 0.3) is 11.0 Å². The Morgan fingerprint density at radius 2 is 1.71 bits per heavy atom. The van der Waals surface area contributed by atoms with Crippen molar-refractivity contribution in [1.82, 2.24) is 9.55 Å². The third-order valence-corrected chi connectivity index (χ3v) is 6.18. The number of imidazole rings is 1. The second-order valence-electron chi connectivity index (χ2n) is 8.36. The number of carbonyl (C=O) groups is 2. The first kappa shape index (κ1) is 22.7. The quantitative estimate of drug-likeness (QED) is 0.288. The first-order valence-electron chi connectivity index (χ1n) is 11.8. The van der Waals surface area contributed by atoms with Crippen LogP contribution in [0.3, 0.4) is 0 Å². The van der Waals surface area contributed by atoms with Crippen LogP contribution < -0.4 is 9.64 Å². The number of nitrogens with zero attached hydrogens (tertiary/aromatic N) is 3. The fourth-order valence-electron chi connectivity index (χ4n) is 4.72. The SMILES string of the molecule is CCOC(=O)[C@@H]1C(=O)N(Cc2ccccc2)c2nc3ccccc3n2[C@@H]1c1cccc(OCC)c1. The predicted octanol–water partition coefficient (Wildman–Crippen LogP) is 4.75. The van der Waals surface area contributed by atoms with E-state index in [1.807, 2.05) is 90.4 Å². The Kier molecular flexibility index (Phi) is 6.23. The average molecular weight is 470 g/mol. The van der Waals surface area contributed by atoms with E-state index in [2.05, 4.69) is 0 Å². The zero-order valence-corrected chi connectivity index (χ0v) is 19.8. The van der Waals surface area contributed by atoms with E-state index >= 15 is 0 Å². The summed E-state index contributed by atoms with van der Waals surface area (Å²) < 4.78 is 13.2. The van der Waals surface area contributed by atoms with E-state index in [9.17, 15) is 9.59 Å². The lowest BCUT2D eigenvalue weighted by atomic mass is 9.89. The van der Waals surface area contributed by atoms with Crippen LogP contribution in [0.1, 0.15) is 31.0 Å². The molecular formula is C28H27N3O4. The third kappa shape index (κ3) is 4.14. The monoisotopic (exact) mass is 469 g/mol. The Balaban J connectivity index is 1.74. The number of rotatable bonds is 7. The van der Waals surface area contributed by atoms with Gasteiger partial charge >= 0.3 is 5.97 Å². The molecular weight excluding hydrogens is 442 g/mol. The number of fused-ring (bicyclic) bond motifs is 3. The minimum atomic E-state index is -1.07. The zero-order valence-electron chi connectivity index (χ0n) is 19.8. The maximum Gasteiger partial charge on any atom is 0.321 e. The number of esters is 1.